The lowest BCUT2D eigenvalue weighted by Gasteiger charge is -2.60. The number of halogens is 1. The van der Waals surface area contributed by atoms with Crippen LogP contribution in [0.5, 0.6) is 11.5 Å². The molecular formula is C54H71ClN10O6. The van der Waals surface area contributed by atoms with E-state index >= 15 is 0 Å². The second kappa shape index (κ2) is 20.0. The molecule has 6 heterocycles. The minimum absolute atomic E-state index is 0.000202. The lowest BCUT2D eigenvalue weighted by Crippen LogP contribution is -2.63. The number of para-hydroxylation sites is 1. The highest BCUT2D eigenvalue weighted by atomic mass is 35.5. The van der Waals surface area contributed by atoms with Crippen LogP contribution in [0.3, 0.4) is 0 Å². The Labute approximate surface area is 423 Å². The van der Waals surface area contributed by atoms with Crippen LogP contribution in [-0.4, -0.2) is 166 Å². The maximum absolute atomic E-state index is 14.3. The zero-order chi connectivity index (χ0) is 49.8. The van der Waals surface area contributed by atoms with Gasteiger partial charge >= 0.3 is 0 Å². The molecule has 16 nitrogen and oxygen atoms in total. The zero-order valence-corrected chi connectivity index (χ0v) is 42.5. The highest BCUT2D eigenvalue weighted by Gasteiger charge is 2.57. The molecule has 7 aliphatic rings. The molecule has 2 aromatic carbocycles. The smallest absolute Gasteiger partial charge is 0.246 e. The first-order valence-corrected chi connectivity index (χ1v) is 26.3. The van der Waals surface area contributed by atoms with Gasteiger partial charge in [0.1, 0.15) is 23.6 Å². The quantitative estimate of drug-likeness (QED) is 0.167. The molecule has 4 saturated heterocycles. The monoisotopic (exact) mass is 991 g/mol. The topological polar surface area (TPSA) is 179 Å². The number of aliphatic hydroxyl groups excluding tert-OH is 1. The van der Waals surface area contributed by atoms with Crippen molar-refractivity contribution in [2.24, 2.45) is 16.7 Å². The number of β-amino-alcohol motifs (C(OH)–C–C–N with tert-alkyl or cyclic N) is 1. The Kier molecular flexibility index (Phi) is 13.9. The molecule has 0 bridgehead atoms. The molecule has 6 fully saturated rings. The van der Waals surface area contributed by atoms with E-state index in [1.165, 1.54) is 37.7 Å². The number of aromatic nitrogens is 2. The third-order valence-corrected chi connectivity index (χ3v) is 17.5. The van der Waals surface area contributed by atoms with E-state index in [0.29, 0.717) is 57.3 Å². The normalized spacial score (nSPS) is 27.9. The van der Waals surface area contributed by atoms with Crippen LogP contribution in [0.25, 0.3) is 11.3 Å². The van der Waals surface area contributed by atoms with Gasteiger partial charge in [0.05, 0.1) is 35.7 Å². The number of likely N-dealkylation sites (tertiary alicyclic amines) is 3. The molecule has 2 aliphatic carbocycles. The van der Waals surface area contributed by atoms with Crippen molar-refractivity contribution in [3.8, 4) is 35.1 Å². The Morgan fingerprint density at radius 1 is 0.901 bits per heavy atom. The van der Waals surface area contributed by atoms with Gasteiger partial charge in [-0.1, -0.05) is 50.4 Å². The van der Waals surface area contributed by atoms with E-state index in [1.807, 2.05) is 39.0 Å². The van der Waals surface area contributed by atoms with E-state index in [1.54, 1.807) is 18.2 Å². The summed E-state index contributed by atoms with van der Waals surface area (Å²) in [4.78, 5) is 53.9. The van der Waals surface area contributed by atoms with E-state index in [0.717, 1.165) is 89.5 Å². The van der Waals surface area contributed by atoms with E-state index in [2.05, 4.69) is 57.7 Å². The van der Waals surface area contributed by atoms with Crippen molar-refractivity contribution in [1.29, 1.82) is 0 Å². The molecule has 1 aromatic heterocycles. The van der Waals surface area contributed by atoms with Crippen LogP contribution in [-0.2, 0) is 20.9 Å². The SMILES string of the molecule is C#Cc1cc(Cl)c(CNC(=O)[C@@H]2C[C@@H](O)CN2C(=O)[C@@H](NC(=O)C2CC3(C2)CC(N2CCC(N4CCC(N5CCN6c7cc(-c8ccccc8O)nnc7NC[C@H]6C5)CC4)CC2)C3)C(C)(C)C)c(OC)c1. The number of phenolic OH excluding ortho intramolecular Hbond substituents is 1. The Hall–Kier alpha value is -5.18. The lowest BCUT2D eigenvalue weighted by molar-refractivity contribution is -0.150. The standard InChI is InChI=1S/C54H71ClN10O6/c1-6-33-21-42(55)41(47(22-33)71-5)30-57-51(69)45-23-39(66)32-65(45)52(70)48(53(2,3)4)58-50(68)34-25-54(26-34)27-37(28-54)62-17-11-35(12-18-62)61-15-13-36(14-16-61)63-19-20-64-38(31-63)29-56-49-44(64)24-43(59-60-49)40-9-7-8-10-46(40)67/h1,7-10,21-22,24,34-39,45,48,66-67H,11-20,23,25-32H2,2-5H3,(H,56,60)(H,57,69)(H,58,68)/t34?,37?,38-,39+,45-,48+,54?/m0/s1. The number of ether oxygens (including phenoxy) is 1. The highest BCUT2D eigenvalue weighted by molar-refractivity contribution is 6.31. The van der Waals surface area contributed by atoms with Gasteiger partial charge in [0.15, 0.2) is 5.82 Å². The number of phenols is 1. The predicted octanol–water partition coefficient (Wildman–Crippen LogP) is 4.71. The van der Waals surface area contributed by atoms with Gasteiger partial charge in [0.25, 0.3) is 0 Å². The number of benzene rings is 2. The number of carbonyl (C=O) groups is 3. The van der Waals surface area contributed by atoms with Crippen LogP contribution < -0.4 is 25.6 Å². The number of amides is 3. The van der Waals surface area contributed by atoms with Crippen molar-refractivity contribution < 1.29 is 29.3 Å². The summed E-state index contributed by atoms with van der Waals surface area (Å²) < 4.78 is 5.47. The first-order valence-electron chi connectivity index (χ1n) is 25.9. The first kappa shape index (κ1) is 49.4. The molecule has 1 spiro atoms. The molecule has 0 radical (unpaired) electrons. The molecule has 3 aromatic rings. The second-order valence-electron chi connectivity index (χ2n) is 22.6. The molecule has 0 unspecified atom stereocenters. The number of aromatic hydroxyl groups is 1. The summed E-state index contributed by atoms with van der Waals surface area (Å²) in [7, 11) is 1.50. The average molecular weight is 992 g/mol. The van der Waals surface area contributed by atoms with Crippen molar-refractivity contribution in [3.63, 3.8) is 0 Å². The summed E-state index contributed by atoms with van der Waals surface area (Å²) in [5.74, 6) is 2.96. The van der Waals surface area contributed by atoms with Crippen LogP contribution >= 0.6 is 11.6 Å². The van der Waals surface area contributed by atoms with Gasteiger partial charge in [-0.25, -0.2) is 0 Å². The molecular weight excluding hydrogens is 920 g/mol. The number of rotatable bonds is 11. The summed E-state index contributed by atoms with van der Waals surface area (Å²) in [6.45, 7) is 14.2. The maximum Gasteiger partial charge on any atom is 0.246 e. The number of hydrogen-bond donors (Lipinski definition) is 5. The Morgan fingerprint density at radius 2 is 1.59 bits per heavy atom. The van der Waals surface area contributed by atoms with Crippen LogP contribution in [0.15, 0.2) is 42.5 Å². The fourth-order valence-corrected chi connectivity index (χ4v) is 13.4. The fourth-order valence-electron chi connectivity index (χ4n) is 13.1. The summed E-state index contributed by atoms with van der Waals surface area (Å²) in [5.41, 5.74) is 3.13. The fraction of sp³-hybridized carbons (Fsp3) is 0.611. The molecule has 2 saturated carbocycles. The number of methoxy groups -OCH3 is 1. The van der Waals surface area contributed by atoms with Gasteiger partial charge in [-0.05, 0) is 119 Å². The van der Waals surface area contributed by atoms with Crippen LogP contribution in [0.2, 0.25) is 5.02 Å². The summed E-state index contributed by atoms with van der Waals surface area (Å²) in [5, 5.41) is 40.0. The Morgan fingerprint density at radius 3 is 2.27 bits per heavy atom. The number of aliphatic hydroxyl groups is 1. The molecule has 380 valence electrons. The highest BCUT2D eigenvalue weighted by Crippen LogP contribution is 2.60. The third-order valence-electron chi connectivity index (χ3n) is 17.1. The Bertz CT molecular complexity index is 2520. The number of nitrogens with one attached hydrogen (secondary N) is 3. The van der Waals surface area contributed by atoms with Crippen LogP contribution in [0.4, 0.5) is 11.5 Å². The van der Waals surface area contributed by atoms with Gasteiger partial charge in [-0.2, -0.15) is 0 Å². The van der Waals surface area contributed by atoms with Crippen LogP contribution in [0.1, 0.15) is 89.7 Å². The first-order chi connectivity index (χ1) is 34.1. The number of anilines is 2. The van der Waals surface area contributed by atoms with Gasteiger partial charge in [-0.15, -0.1) is 16.6 Å². The second-order valence-corrected chi connectivity index (χ2v) is 23.0. The molecule has 5 aliphatic heterocycles. The molecule has 10 rings (SSSR count). The predicted molar refractivity (Wildman–Crippen MR) is 273 cm³/mol. The summed E-state index contributed by atoms with van der Waals surface area (Å²) >= 11 is 6.49. The zero-order valence-electron chi connectivity index (χ0n) is 41.7. The van der Waals surface area contributed by atoms with E-state index < -0.39 is 29.5 Å². The lowest BCUT2D eigenvalue weighted by atomic mass is 9.49. The number of nitrogens with zero attached hydrogens (tertiary/aromatic N) is 7. The van der Waals surface area contributed by atoms with Gasteiger partial charge in [-0.3, -0.25) is 19.3 Å². The minimum Gasteiger partial charge on any atom is -0.507 e. The Balaban J connectivity index is 0.652. The number of piperazine rings is 1. The number of terminal acetylenes is 1. The van der Waals surface area contributed by atoms with Crippen molar-refractivity contribution in [2.45, 2.75) is 127 Å². The molecule has 4 atom stereocenters. The van der Waals surface area contributed by atoms with Crippen molar-refractivity contribution >= 4 is 40.8 Å². The molecule has 3 amide bonds. The van der Waals surface area contributed by atoms with Crippen molar-refractivity contribution in [3.05, 3.63) is 58.6 Å². The maximum atomic E-state index is 14.3. The largest absolute Gasteiger partial charge is 0.507 e. The number of fused-ring (bicyclic) bond motifs is 3. The van der Waals surface area contributed by atoms with Gasteiger partial charge in [0, 0.05) is 86.4 Å². The van der Waals surface area contributed by atoms with Crippen molar-refractivity contribution in [1.82, 2.24) is 40.4 Å². The average Bonchev–Trinajstić information content (AvgIpc) is 3.75. The van der Waals surface area contributed by atoms with E-state index in [9.17, 15) is 24.6 Å². The molecule has 17 heteroatoms. The van der Waals surface area contributed by atoms with Gasteiger partial charge < -0.3 is 50.5 Å². The molecule has 71 heavy (non-hydrogen) atoms. The third kappa shape index (κ3) is 10.0. The number of piperidine rings is 2. The van der Waals surface area contributed by atoms with Crippen molar-refractivity contribution in [2.75, 3.05) is 76.2 Å². The number of hydrogen-bond acceptors (Lipinski definition) is 13. The minimum atomic E-state index is -0.914. The molecule has 5 N–H and O–H groups in total. The van der Waals surface area contributed by atoms with E-state index in [-0.39, 0.29) is 48.4 Å². The number of carbonyl (C=O) groups excluding carboxylic acids is 3. The van der Waals surface area contributed by atoms with Gasteiger partial charge in [0.2, 0.25) is 17.7 Å². The summed E-state index contributed by atoms with van der Waals surface area (Å²) in [6, 6.07) is 13.1. The summed E-state index contributed by atoms with van der Waals surface area (Å²) in [6.07, 6.45) is 13.5. The van der Waals surface area contributed by atoms with Crippen LogP contribution in [0, 0.1) is 29.1 Å². The van der Waals surface area contributed by atoms with E-state index in [4.69, 9.17) is 22.8 Å².